The molecule has 6 heteroatoms. The molecule has 1 aliphatic heterocycles. The second kappa shape index (κ2) is 6.58. The molecular weight excluding hydrogens is 312 g/mol. The standard InChI is InChI=1S/C17H20N2O3S/c1-18-8-4-5-14(18)17-19(9-10-23-17)16(20)13-7-6-12(21-2)11-15(13)22-3/h4-8,11,17H,9-10H2,1-3H3. The maximum atomic E-state index is 13.0. The number of aromatic nitrogens is 1. The van der Waals surface area contributed by atoms with E-state index in [0.29, 0.717) is 17.1 Å². The van der Waals surface area contributed by atoms with Gasteiger partial charge in [-0.1, -0.05) is 0 Å². The predicted molar refractivity (Wildman–Crippen MR) is 91.2 cm³/mol. The average Bonchev–Trinajstić information content (AvgIpc) is 3.21. The van der Waals surface area contributed by atoms with Gasteiger partial charge in [0.05, 0.1) is 25.5 Å². The Morgan fingerprint density at radius 2 is 2.09 bits per heavy atom. The maximum Gasteiger partial charge on any atom is 0.258 e. The van der Waals surface area contributed by atoms with Crippen molar-refractivity contribution in [2.24, 2.45) is 7.05 Å². The van der Waals surface area contributed by atoms with E-state index in [1.54, 1.807) is 44.2 Å². The molecule has 1 unspecified atom stereocenters. The second-order valence-corrected chi connectivity index (χ2v) is 6.52. The highest BCUT2D eigenvalue weighted by Crippen LogP contribution is 2.39. The van der Waals surface area contributed by atoms with Gasteiger partial charge in [0.15, 0.2) is 0 Å². The van der Waals surface area contributed by atoms with E-state index in [1.165, 1.54) is 0 Å². The van der Waals surface area contributed by atoms with Gasteiger partial charge in [-0.25, -0.2) is 0 Å². The van der Waals surface area contributed by atoms with Crippen LogP contribution in [0.1, 0.15) is 21.4 Å². The van der Waals surface area contributed by atoms with Crippen molar-refractivity contribution in [2.45, 2.75) is 5.37 Å². The molecule has 0 aliphatic carbocycles. The molecule has 0 radical (unpaired) electrons. The molecule has 1 aliphatic rings. The van der Waals surface area contributed by atoms with E-state index in [4.69, 9.17) is 9.47 Å². The number of nitrogens with zero attached hydrogens (tertiary/aromatic N) is 2. The molecule has 1 saturated heterocycles. The summed E-state index contributed by atoms with van der Waals surface area (Å²) in [5.74, 6) is 2.13. The summed E-state index contributed by atoms with van der Waals surface area (Å²) in [6, 6.07) is 9.37. The number of methoxy groups -OCH3 is 2. The smallest absolute Gasteiger partial charge is 0.258 e. The van der Waals surface area contributed by atoms with Crippen LogP contribution in [0.2, 0.25) is 0 Å². The third kappa shape index (κ3) is 2.91. The van der Waals surface area contributed by atoms with Gasteiger partial charge < -0.3 is 18.9 Å². The number of amides is 1. The molecule has 1 atom stereocenters. The first-order chi connectivity index (χ1) is 11.2. The van der Waals surface area contributed by atoms with Crippen molar-refractivity contribution < 1.29 is 14.3 Å². The van der Waals surface area contributed by atoms with Crippen LogP contribution >= 0.6 is 11.8 Å². The van der Waals surface area contributed by atoms with Crippen molar-refractivity contribution in [3.05, 3.63) is 47.8 Å². The van der Waals surface area contributed by atoms with E-state index in [1.807, 2.05) is 24.2 Å². The summed E-state index contributed by atoms with van der Waals surface area (Å²) in [5, 5.41) is 0.0364. The average molecular weight is 332 g/mol. The number of ether oxygens (including phenoxy) is 2. The zero-order valence-corrected chi connectivity index (χ0v) is 14.3. The van der Waals surface area contributed by atoms with Gasteiger partial charge in [-0.15, -0.1) is 11.8 Å². The van der Waals surface area contributed by atoms with Crippen LogP contribution < -0.4 is 9.47 Å². The highest BCUT2D eigenvalue weighted by Gasteiger charge is 2.33. The summed E-state index contributed by atoms with van der Waals surface area (Å²) in [7, 11) is 5.17. The topological polar surface area (TPSA) is 43.7 Å². The summed E-state index contributed by atoms with van der Waals surface area (Å²) in [6.45, 7) is 0.731. The summed E-state index contributed by atoms with van der Waals surface area (Å²) in [6.07, 6.45) is 2.00. The number of hydrogen-bond acceptors (Lipinski definition) is 4. The Hall–Kier alpha value is -2.08. The maximum absolute atomic E-state index is 13.0. The summed E-state index contributed by atoms with van der Waals surface area (Å²) < 4.78 is 12.6. The molecule has 0 bridgehead atoms. The van der Waals surface area contributed by atoms with E-state index in [-0.39, 0.29) is 11.3 Å². The fourth-order valence-electron chi connectivity index (χ4n) is 2.78. The molecule has 2 aromatic rings. The van der Waals surface area contributed by atoms with Crippen molar-refractivity contribution in [1.82, 2.24) is 9.47 Å². The monoisotopic (exact) mass is 332 g/mol. The van der Waals surface area contributed by atoms with Gasteiger partial charge in [0, 0.05) is 31.6 Å². The lowest BCUT2D eigenvalue weighted by atomic mass is 10.1. The van der Waals surface area contributed by atoms with Crippen molar-refractivity contribution in [3.8, 4) is 11.5 Å². The first-order valence-electron chi connectivity index (χ1n) is 7.41. The molecule has 0 spiro atoms. The molecule has 1 fully saturated rings. The van der Waals surface area contributed by atoms with Crippen LogP contribution in [-0.2, 0) is 7.05 Å². The molecule has 3 rings (SSSR count). The van der Waals surface area contributed by atoms with Gasteiger partial charge >= 0.3 is 0 Å². The fourth-order valence-corrected chi connectivity index (χ4v) is 4.11. The molecule has 23 heavy (non-hydrogen) atoms. The Labute approximate surface area is 140 Å². The van der Waals surface area contributed by atoms with Crippen molar-refractivity contribution in [2.75, 3.05) is 26.5 Å². The van der Waals surface area contributed by atoms with Gasteiger partial charge in [0.2, 0.25) is 0 Å². The number of aryl methyl sites for hydroxylation is 1. The Morgan fingerprint density at radius 3 is 2.74 bits per heavy atom. The highest BCUT2D eigenvalue weighted by molar-refractivity contribution is 7.99. The Balaban J connectivity index is 1.92. The zero-order valence-electron chi connectivity index (χ0n) is 13.5. The van der Waals surface area contributed by atoms with Gasteiger partial charge in [-0.3, -0.25) is 4.79 Å². The lowest BCUT2D eigenvalue weighted by Crippen LogP contribution is -2.31. The molecule has 1 amide bonds. The fraction of sp³-hybridized carbons (Fsp3) is 0.353. The van der Waals surface area contributed by atoms with Crippen LogP contribution in [0.4, 0.5) is 0 Å². The number of benzene rings is 1. The summed E-state index contributed by atoms with van der Waals surface area (Å²) in [5.41, 5.74) is 1.70. The van der Waals surface area contributed by atoms with Gasteiger partial charge in [-0.2, -0.15) is 0 Å². The number of thioether (sulfide) groups is 1. The molecule has 5 nitrogen and oxygen atoms in total. The SMILES string of the molecule is COc1ccc(C(=O)N2CCSC2c2cccn2C)c(OC)c1. The number of hydrogen-bond donors (Lipinski definition) is 0. The van der Waals surface area contributed by atoms with Crippen LogP contribution in [0.5, 0.6) is 11.5 Å². The normalized spacial score (nSPS) is 17.3. The van der Waals surface area contributed by atoms with Crippen molar-refractivity contribution in [1.29, 1.82) is 0 Å². The number of carbonyl (C=O) groups excluding carboxylic acids is 1. The van der Waals surface area contributed by atoms with E-state index in [0.717, 1.165) is 18.0 Å². The molecular formula is C17H20N2O3S. The molecule has 0 N–H and O–H groups in total. The summed E-state index contributed by atoms with van der Waals surface area (Å²) in [4.78, 5) is 14.9. The number of carbonyl (C=O) groups is 1. The largest absolute Gasteiger partial charge is 0.497 e. The van der Waals surface area contributed by atoms with Crippen molar-refractivity contribution >= 4 is 17.7 Å². The Bertz CT molecular complexity index is 714. The lowest BCUT2D eigenvalue weighted by Gasteiger charge is -2.25. The molecule has 1 aromatic carbocycles. The minimum Gasteiger partial charge on any atom is -0.497 e. The van der Waals surface area contributed by atoms with E-state index in [9.17, 15) is 4.79 Å². The third-order valence-corrected chi connectivity index (χ3v) is 5.26. The minimum absolute atomic E-state index is 0.0132. The summed E-state index contributed by atoms with van der Waals surface area (Å²) >= 11 is 1.79. The molecule has 1 aromatic heterocycles. The van der Waals surface area contributed by atoms with Gasteiger partial charge in [-0.05, 0) is 24.3 Å². The zero-order chi connectivity index (χ0) is 16.4. The predicted octanol–water partition coefficient (Wildman–Crippen LogP) is 2.93. The lowest BCUT2D eigenvalue weighted by molar-refractivity contribution is 0.0754. The first kappa shape index (κ1) is 15.8. The van der Waals surface area contributed by atoms with Crippen LogP contribution in [0.3, 0.4) is 0 Å². The molecule has 2 heterocycles. The highest BCUT2D eigenvalue weighted by atomic mass is 32.2. The first-order valence-corrected chi connectivity index (χ1v) is 8.46. The van der Waals surface area contributed by atoms with E-state index in [2.05, 4.69) is 10.6 Å². The van der Waals surface area contributed by atoms with Gasteiger partial charge in [0.25, 0.3) is 5.91 Å². The quantitative estimate of drug-likeness (QED) is 0.863. The Kier molecular flexibility index (Phi) is 4.52. The molecule has 122 valence electrons. The van der Waals surface area contributed by atoms with E-state index >= 15 is 0 Å². The van der Waals surface area contributed by atoms with Crippen LogP contribution in [-0.4, -0.2) is 41.9 Å². The number of rotatable bonds is 4. The van der Waals surface area contributed by atoms with E-state index < -0.39 is 0 Å². The van der Waals surface area contributed by atoms with Crippen LogP contribution in [0.15, 0.2) is 36.5 Å². The van der Waals surface area contributed by atoms with Crippen LogP contribution in [0, 0.1) is 0 Å². The molecule has 0 saturated carbocycles. The third-order valence-electron chi connectivity index (χ3n) is 4.03. The van der Waals surface area contributed by atoms with Crippen molar-refractivity contribution in [3.63, 3.8) is 0 Å². The minimum atomic E-state index is -0.0132. The Morgan fingerprint density at radius 1 is 1.26 bits per heavy atom. The van der Waals surface area contributed by atoms with Gasteiger partial charge in [0.1, 0.15) is 16.9 Å². The van der Waals surface area contributed by atoms with Crippen LogP contribution in [0.25, 0.3) is 0 Å². The second-order valence-electron chi connectivity index (χ2n) is 5.33.